The van der Waals surface area contributed by atoms with Crippen molar-refractivity contribution in [2.24, 2.45) is 0 Å². The predicted octanol–water partition coefficient (Wildman–Crippen LogP) is 17.2. The number of aromatic nitrogens is 1. The van der Waals surface area contributed by atoms with Gasteiger partial charge in [0.25, 0.3) is 0 Å². The van der Waals surface area contributed by atoms with Gasteiger partial charge in [0.15, 0.2) is 0 Å². The lowest BCUT2D eigenvalue weighted by Crippen LogP contribution is -2.36. The minimum atomic E-state index is -0.707. The average Bonchev–Trinajstić information content (AvgIpc) is 3.74. The summed E-state index contributed by atoms with van der Waals surface area (Å²) in [5, 5.41) is 4.93. The molecule has 11 aromatic carbocycles. The van der Waals surface area contributed by atoms with Crippen LogP contribution in [0.1, 0.15) is 22.3 Å². The Morgan fingerprint density at radius 2 is 0.882 bits per heavy atom. The molecule has 2 heterocycles. The Bertz CT molecular complexity index is 3840. The van der Waals surface area contributed by atoms with Gasteiger partial charge in [-0.3, -0.25) is 0 Å². The van der Waals surface area contributed by atoms with Crippen molar-refractivity contribution in [1.82, 2.24) is 4.57 Å². The van der Waals surface area contributed by atoms with Gasteiger partial charge in [0, 0.05) is 50.1 Å². The molecule has 0 atom stereocenters. The minimum absolute atomic E-state index is 0.707. The molecule has 0 amide bonds. The van der Waals surface area contributed by atoms with Crippen LogP contribution in [0.25, 0.3) is 71.6 Å². The minimum Gasteiger partial charge on any atom is -0.457 e. The second-order valence-electron chi connectivity index (χ2n) is 17.9. The summed E-state index contributed by atoms with van der Waals surface area (Å²) in [7, 11) is 0. The Kier molecular flexibility index (Phi) is 8.50. The van der Waals surface area contributed by atoms with E-state index in [1.807, 2.05) is 0 Å². The highest BCUT2D eigenvalue weighted by Gasteiger charge is 2.49. The maximum atomic E-state index is 6.85. The van der Waals surface area contributed by atoms with E-state index in [9.17, 15) is 0 Å². The van der Waals surface area contributed by atoms with Gasteiger partial charge in [-0.15, -0.1) is 0 Å². The van der Waals surface area contributed by atoms with Crippen molar-refractivity contribution in [2.45, 2.75) is 5.41 Å². The van der Waals surface area contributed by atoms with Crippen LogP contribution in [-0.4, -0.2) is 4.57 Å². The number of anilines is 3. The van der Waals surface area contributed by atoms with Crippen LogP contribution in [0.2, 0.25) is 0 Å². The van der Waals surface area contributed by atoms with Crippen molar-refractivity contribution >= 4 is 49.6 Å². The first kappa shape index (κ1) is 38.4. The quantitative estimate of drug-likeness (QED) is 0.166. The number of para-hydroxylation sites is 5. The van der Waals surface area contributed by atoms with Gasteiger partial charge in [0.05, 0.1) is 22.1 Å². The monoisotopic (exact) mass is 866 g/mol. The largest absolute Gasteiger partial charge is 0.457 e. The molecular weight excluding hydrogens is 825 g/mol. The summed E-state index contributed by atoms with van der Waals surface area (Å²) in [6, 6.07) is 93.2. The van der Waals surface area contributed by atoms with Crippen molar-refractivity contribution in [3.8, 4) is 50.6 Å². The van der Waals surface area contributed by atoms with Gasteiger partial charge in [0.2, 0.25) is 0 Å². The Labute approximate surface area is 395 Å². The Balaban J connectivity index is 1.13. The standard InChI is InChI=1S/C65H42N2O/c1-4-19-43(20-5-1)49-28-18-29-50(44-21-6-2-7-22-44)64(49)66(48-38-40-53-52-27-10-13-34-59(52)67(60(53)42-48)46-25-8-3-9-26-46)47-37-39-51-54-30-16-23-45-24-17-33-57(63(45)54)65(58(51)41-47)55-31-11-14-35-61(55)68-62-36-15-12-32-56(62)65/h1-42H. The van der Waals surface area contributed by atoms with Crippen LogP contribution in [0.15, 0.2) is 255 Å². The molecule has 12 aromatic rings. The van der Waals surface area contributed by atoms with E-state index in [-0.39, 0.29) is 0 Å². The van der Waals surface area contributed by atoms with Crippen LogP contribution in [0.4, 0.5) is 17.1 Å². The van der Waals surface area contributed by atoms with Crippen molar-refractivity contribution in [3.63, 3.8) is 0 Å². The molecule has 14 rings (SSSR count). The van der Waals surface area contributed by atoms with E-state index in [0.29, 0.717) is 0 Å². The van der Waals surface area contributed by atoms with Crippen LogP contribution in [-0.2, 0) is 5.41 Å². The molecule has 0 bridgehead atoms. The fraction of sp³-hybridized carbons (Fsp3) is 0.0154. The number of hydrogen-bond donors (Lipinski definition) is 0. The highest BCUT2D eigenvalue weighted by atomic mass is 16.5. The van der Waals surface area contributed by atoms with Gasteiger partial charge in [-0.2, -0.15) is 0 Å². The van der Waals surface area contributed by atoms with Gasteiger partial charge >= 0.3 is 0 Å². The average molecular weight is 867 g/mol. The molecule has 0 N–H and O–H groups in total. The summed E-state index contributed by atoms with van der Waals surface area (Å²) in [6.45, 7) is 0. The number of nitrogens with zero attached hydrogens (tertiary/aromatic N) is 2. The van der Waals surface area contributed by atoms with E-state index >= 15 is 0 Å². The topological polar surface area (TPSA) is 17.4 Å². The molecule has 0 radical (unpaired) electrons. The number of fused-ring (bicyclic) bond motifs is 11. The molecule has 1 aliphatic carbocycles. The zero-order valence-corrected chi connectivity index (χ0v) is 37.1. The Morgan fingerprint density at radius 1 is 0.353 bits per heavy atom. The van der Waals surface area contributed by atoms with Crippen LogP contribution in [0.5, 0.6) is 11.5 Å². The molecule has 3 heteroatoms. The van der Waals surface area contributed by atoms with Crippen molar-refractivity contribution < 1.29 is 4.74 Å². The fourth-order valence-electron chi connectivity index (χ4n) is 11.7. The Hall–Kier alpha value is -8.92. The maximum Gasteiger partial charge on any atom is 0.132 e. The van der Waals surface area contributed by atoms with E-state index < -0.39 is 5.41 Å². The summed E-state index contributed by atoms with van der Waals surface area (Å²) in [4.78, 5) is 2.53. The first-order valence-corrected chi connectivity index (χ1v) is 23.4. The third kappa shape index (κ3) is 5.54. The molecule has 1 spiro atoms. The van der Waals surface area contributed by atoms with Crippen LogP contribution in [0.3, 0.4) is 0 Å². The van der Waals surface area contributed by atoms with E-state index in [1.165, 1.54) is 49.3 Å². The van der Waals surface area contributed by atoms with Crippen molar-refractivity contribution in [3.05, 3.63) is 277 Å². The zero-order valence-electron chi connectivity index (χ0n) is 37.1. The van der Waals surface area contributed by atoms with Crippen molar-refractivity contribution in [1.29, 1.82) is 0 Å². The van der Waals surface area contributed by atoms with Gasteiger partial charge in [-0.05, 0) is 98.8 Å². The lowest BCUT2D eigenvalue weighted by molar-refractivity contribution is 0.435. The SMILES string of the molecule is c1ccc(-c2cccc(-c3ccccc3)c2N(c2ccc3c(c2)C2(c4ccccc4Oc4ccccc42)c2cccc4cccc-3c24)c2ccc3c4ccccc4n(-c4ccccc4)c3c2)cc1. The zero-order chi connectivity index (χ0) is 44.8. The summed E-state index contributed by atoms with van der Waals surface area (Å²) in [5.41, 5.74) is 17.7. The number of benzene rings is 11. The lowest BCUT2D eigenvalue weighted by atomic mass is 9.58. The summed E-state index contributed by atoms with van der Waals surface area (Å²) < 4.78 is 9.27. The molecule has 0 saturated carbocycles. The summed E-state index contributed by atoms with van der Waals surface area (Å²) in [5.74, 6) is 1.74. The number of rotatable bonds is 6. The maximum absolute atomic E-state index is 6.85. The van der Waals surface area contributed by atoms with Crippen LogP contribution in [0, 0.1) is 0 Å². The molecule has 0 unspecified atom stereocenters. The smallest absolute Gasteiger partial charge is 0.132 e. The fourth-order valence-corrected chi connectivity index (χ4v) is 11.7. The first-order chi connectivity index (χ1) is 33.8. The van der Waals surface area contributed by atoms with Gasteiger partial charge in [-0.25, -0.2) is 0 Å². The predicted molar refractivity (Wildman–Crippen MR) is 281 cm³/mol. The van der Waals surface area contributed by atoms with Gasteiger partial charge in [0.1, 0.15) is 11.5 Å². The second-order valence-corrected chi connectivity index (χ2v) is 17.9. The first-order valence-electron chi connectivity index (χ1n) is 23.4. The van der Waals surface area contributed by atoms with Gasteiger partial charge < -0.3 is 14.2 Å². The molecule has 3 nitrogen and oxygen atoms in total. The molecule has 0 fully saturated rings. The molecule has 318 valence electrons. The molecule has 1 aromatic heterocycles. The van der Waals surface area contributed by atoms with E-state index in [4.69, 9.17) is 4.74 Å². The van der Waals surface area contributed by atoms with Gasteiger partial charge in [-0.1, -0.05) is 200 Å². The van der Waals surface area contributed by atoms with Crippen molar-refractivity contribution in [2.75, 3.05) is 4.90 Å². The summed E-state index contributed by atoms with van der Waals surface area (Å²) in [6.07, 6.45) is 0. The summed E-state index contributed by atoms with van der Waals surface area (Å²) >= 11 is 0. The second kappa shape index (κ2) is 15.1. The highest BCUT2D eigenvalue weighted by molar-refractivity contribution is 6.11. The molecule has 1 aliphatic heterocycles. The highest BCUT2D eigenvalue weighted by Crippen LogP contribution is 2.62. The van der Waals surface area contributed by atoms with Crippen LogP contribution >= 0.6 is 0 Å². The van der Waals surface area contributed by atoms with E-state index in [1.54, 1.807) is 0 Å². The molecule has 68 heavy (non-hydrogen) atoms. The molecule has 0 saturated heterocycles. The molecule has 2 aliphatic rings. The number of ether oxygens (including phenoxy) is 1. The molecular formula is C65H42N2O. The van der Waals surface area contributed by atoms with E-state index in [2.05, 4.69) is 264 Å². The number of hydrogen-bond acceptors (Lipinski definition) is 2. The normalized spacial score (nSPS) is 12.9. The Morgan fingerprint density at radius 3 is 1.59 bits per heavy atom. The van der Waals surface area contributed by atoms with Crippen LogP contribution < -0.4 is 9.64 Å². The third-order valence-electron chi connectivity index (χ3n) is 14.4. The third-order valence-corrected chi connectivity index (χ3v) is 14.4. The lowest BCUT2D eigenvalue weighted by Gasteiger charge is -2.45. The van der Waals surface area contributed by atoms with E-state index in [0.717, 1.165) is 73.1 Å².